The summed E-state index contributed by atoms with van der Waals surface area (Å²) in [6, 6.07) is 0. The normalized spacial score (nSPS) is 10.9. The van der Waals surface area contributed by atoms with Gasteiger partial charge in [0.05, 0.1) is 5.41 Å². The smallest absolute Gasteiger partial charge is 0.302 e. The summed E-state index contributed by atoms with van der Waals surface area (Å²) < 4.78 is 20.1. The molecular formula is C17H28O8S. The first kappa shape index (κ1) is 24.4. The first-order valence-corrected chi connectivity index (χ1v) is 9.35. The molecule has 0 aromatic heterocycles. The minimum Gasteiger partial charge on any atom is -0.465 e. The molecule has 0 bridgehead atoms. The van der Waals surface area contributed by atoms with E-state index in [-0.39, 0.29) is 32.2 Å². The molecule has 0 saturated carbocycles. The van der Waals surface area contributed by atoms with Gasteiger partial charge in [-0.3, -0.25) is 19.2 Å². The van der Waals surface area contributed by atoms with Gasteiger partial charge in [-0.05, 0) is 12.2 Å². The fraction of sp³-hybridized carbons (Fsp3) is 0.765. The fourth-order valence-corrected chi connectivity index (χ4v) is 3.08. The van der Waals surface area contributed by atoms with E-state index in [1.165, 1.54) is 39.6 Å². The monoisotopic (exact) mass is 392 g/mol. The number of carbonyl (C=O) groups is 4. The van der Waals surface area contributed by atoms with Gasteiger partial charge in [-0.15, -0.1) is 0 Å². The van der Waals surface area contributed by atoms with Crippen molar-refractivity contribution in [3.8, 4) is 0 Å². The van der Waals surface area contributed by atoms with Crippen LogP contribution in [0.25, 0.3) is 0 Å². The van der Waals surface area contributed by atoms with Gasteiger partial charge in [0, 0.05) is 40.1 Å². The molecular weight excluding hydrogens is 364 g/mol. The molecule has 0 heterocycles. The van der Waals surface area contributed by atoms with Gasteiger partial charge in [0.2, 0.25) is 0 Å². The van der Waals surface area contributed by atoms with Crippen LogP contribution >= 0.6 is 11.8 Å². The highest BCUT2D eigenvalue weighted by Gasteiger charge is 2.35. The maximum Gasteiger partial charge on any atom is 0.302 e. The summed E-state index contributed by atoms with van der Waals surface area (Å²) in [5.41, 5.74) is -0.843. The van der Waals surface area contributed by atoms with Crippen molar-refractivity contribution in [3.63, 3.8) is 0 Å². The van der Waals surface area contributed by atoms with Crippen molar-refractivity contribution in [2.24, 2.45) is 5.41 Å². The van der Waals surface area contributed by atoms with Gasteiger partial charge >= 0.3 is 17.9 Å². The third-order valence-electron chi connectivity index (χ3n) is 3.20. The SMILES string of the molecule is COCC(=O)CCCSCC(COC(C)=O)(COC(C)=O)COC(C)=O. The van der Waals surface area contributed by atoms with Crippen LogP contribution in [0.1, 0.15) is 33.6 Å². The van der Waals surface area contributed by atoms with Gasteiger partial charge in [-0.2, -0.15) is 11.8 Å². The second-order valence-electron chi connectivity index (χ2n) is 5.97. The highest BCUT2D eigenvalue weighted by molar-refractivity contribution is 7.99. The van der Waals surface area contributed by atoms with Crippen LogP contribution in [0.2, 0.25) is 0 Å². The molecule has 26 heavy (non-hydrogen) atoms. The molecule has 0 aliphatic heterocycles. The van der Waals surface area contributed by atoms with Gasteiger partial charge in [0.1, 0.15) is 26.4 Å². The van der Waals surface area contributed by atoms with Crippen molar-refractivity contribution in [2.75, 3.05) is 45.0 Å². The summed E-state index contributed by atoms with van der Waals surface area (Å²) >= 11 is 1.51. The minimum atomic E-state index is -0.843. The number of methoxy groups -OCH3 is 1. The van der Waals surface area contributed by atoms with E-state index in [9.17, 15) is 19.2 Å². The van der Waals surface area contributed by atoms with Crippen LogP contribution in [0.4, 0.5) is 0 Å². The van der Waals surface area contributed by atoms with E-state index in [0.717, 1.165) is 0 Å². The lowest BCUT2D eigenvalue weighted by atomic mass is 9.93. The van der Waals surface area contributed by atoms with Crippen molar-refractivity contribution >= 4 is 35.5 Å². The zero-order valence-electron chi connectivity index (χ0n) is 15.8. The Kier molecular flexibility index (Phi) is 12.7. The Bertz CT molecular complexity index is 432. The molecule has 0 aliphatic carbocycles. The maximum atomic E-state index is 11.4. The van der Waals surface area contributed by atoms with Crippen molar-refractivity contribution in [2.45, 2.75) is 33.6 Å². The van der Waals surface area contributed by atoms with Gasteiger partial charge in [-0.25, -0.2) is 0 Å². The number of hydrogen-bond acceptors (Lipinski definition) is 9. The Hall–Kier alpha value is -1.61. The second kappa shape index (κ2) is 13.6. The number of Topliss-reactive ketones (excluding diaryl/α,β-unsaturated/α-hetero) is 1. The predicted molar refractivity (Wildman–Crippen MR) is 95.8 cm³/mol. The third kappa shape index (κ3) is 12.7. The largest absolute Gasteiger partial charge is 0.465 e. The van der Waals surface area contributed by atoms with Crippen LogP contribution in [-0.2, 0) is 38.1 Å². The van der Waals surface area contributed by atoms with Crippen LogP contribution in [0.3, 0.4) is 0 Å². The lowest BCUT2D eigenvalue weighted by Crippen LogP contribution is -2.41. The van der Waals surface area contributed by atoms with E-state index in [1.54, 1.807) is 0 Å². The minimum absolute atomic E-state index is 0.0269. The van der Waals surface area contributed by atoms with Gasteiger partial charge in [0.25, 0.3) is 0 Å². The molecule has 9 heteroatoms. The number of thioether (sulfide) groups is 1. The van der Waals surface area contributed by atoms with E-state index in [0.29, 0.717) is 24.3 Å². The van der Waals surface area contributed by atoms with Crippen LogP contribution in [0.5, 0.6) is 0 Å². The number of rotatable bonds is 14. The first-order valence-electron chi connectivity index (χ1n) is 8.19. The second-order valence-corrected chi connectivity index (χ2v) is 7.07. The number of carbonyl (C=O) groups excluding carboxylic acids is 4. The van der Waals surface area contributed by atoms with Gasteiger partial charge in [-0.1, -0.05) is 0 Å². The van der Waals surface area contributed by atoms with E-state index in [2.05, 4.69) is 0 Å². The third-order valence-corrected chi connectivity index (χ3v) is 4.60. The van der Waals surface area contributed by atoms with Crippen LogP contribution in [-0.4, -0.2) is 68.7 Å². The zero-order chi connectivity index (χ0) is 20.0. The predicted octanol–water partition coefficient (Wildman–Crippen LogP) is 1.39. The molecule has 0 fully saturated rings. The standard InChI is InChI=1S/C17H28O8S/c1-13(18)23-9-17(10-24-14(2)19,11-25-15(3)20)12-26-7-5-6-16(21)8-22-4/h5-12H2,1-4H3. The Balaban J connectivity index is 4.76. The molecule has 0 radical (unpaired) electrons. The van der Waals surface area contributed by atoms with Crippen molar-refractivity contribution in [1.82, 2.24) is 0 Å². The van der Waals surface area contributed by atoms with Gasteiger partial charge < -0.3 is 18.9 Å². The van der Waals surface area contributed by atoms with Crippen molar-refractivity contribution < 1.29 is 38.1 Å². The Morgan fingerprint density at radius 2 is 1.31 bits per heavy atom. The topological polar surface area (TPSA) is 105 Å². The van der Waals surface area contributed by atoms with E-state index in [4.69, 9.17) is 18.9 Å². The average Bonchev–Trinajstić information content (AvgIpc) is 2.55. The average molecular weight is 392 g/mol. The maximum absolute atomic E-state index is 11.4. The van der Waals surface area contributed by atoms with Crippen molar-refractivity contribution in [1.29, 1.82) is 0 Å². The highest BCUT2D eigenvalue weighted by Crippen LogP contribution is 2.26. The summed E-state index contributed by atoms with van der Waals surface area (Å²) in [7, 11) is 1.47. The van der Waals surface area contributed by atoms with Crippen LogP contribution < -0.4 is 0 Å². The highest BCUT2D eigenvalue weighted by atomic mass is 32.2. The van der Waals surface area contributed by atoms with Crippen molar-refractivity contribution in [3.05, 3.63) is 0 Å². The van der Waals surface area contributed by atoms with E-state index < -0.39 is 23.3 Å². The zero-order valence-corrected chi connectivity index (χ0v) is 16.6. The molecule has 0 aliphatic rings. The first-order chi connectivity index (χ1) is 12.2. The number of ketones is 1. The molecule has 150 valence electrons. The molecule has 0 aromatic rings. The molecule has 0 amide bonds. The molecule has 0 saturated heterocycles. The summed E-state index contributed by atoms with van der Waals surface area (Å²) in [6.07, 6.45) is 1.07. The quantitative estimate of drug-likeness (QED) is 0.246. The summed E-state index contributed by atoms with van der Waals surface area (Å²) in [4.78, 5) is 45.0. The van der Waals surface area contributed by atoms with Crippen LogP contribution in [0.15, 0.2) is 0 Å². The number of ether oxygens (including phenoxy) is 4. The summed E-state index contributed by atoms with van der Waals surface area (Å²) in [6.45, 7) is 3.79. The molecule has 0 aromatic carbocycles. The molecule has 0 N–H and O–H groups in total. The molecule has 8 nitrogen and oxygen atoms in total. The Morgan fingerprint density at radius 1 is 0.846 bits per heavy atom. The van der Waals surface area contributed by atoms with Crippen LogP contribution in [0, 0.1) is 5.41 Å². The summed E-state index contributed by atoms with van der Waals surface area (Å²) in [5, 5.41) is 0. The molecule has 0 unspecified atom stereocenters. The van der Waals surface area contributed by atoms with E-state index in [1.807, 2.05) is 0 Å². The van der Waals surface area contributed by atoms with Gasteiger partial charge in [0.15, 0.2) is 5.78 Å². The van der Waals surface area contributed by atoms with E-state index >= 15 is 0 Å². The summed E-state index contributed by atoms with van der Waals surface area (Å²) in [5.74, 6) is -0.295. The Morgan fingerprint density at radius 3 is 1.69 bits per heavy atom. The fourth-order valence-electron chi connectivity index (χ4n) is 1.91. The number of hydrogen-bond donors (Lipinski definition) is 0. The Labute approximate surface area is 158 Å². The molecule has 0 spiro atoms. The lowest BCUT2D eigenvalue weighted by molar-refractivity contribution is -0.157. The molecule has 0 rings (SSSR count). The number of esters is 3. The molecule has 0 atom stereocenters. The lowest BCUT2D eigenvalue weighted by Gasteiger charge is -2.31.